The monoisotopic (exact) mass is 157 g/mol. The van der Waals surface area contributed by atoms with Gasteiger partial charge in [0.1, 0.15) is 0 Å². The summed E-state index contributed by atoms with van der Waals surface area (Å²) in [4.78, 5) is 9.98. The summed E-state index contributed by atoms with van der Waals surface area (Å²) in [6.07, 6.45) is 0. The second-order valence-electron chi connectivity index (χ2n) is 2.15. The first kappa shape index (κ1) is 7.29. The molecular formula is C6H8NO2P. The Bertz CT molecular complexity index is 267. The average Bonchev–Trinajstić information content (AvgIpc) is 2.14. The summed E-state index contributed by atoms with van der Waals surface area (Å²) < 4.78 is 0. The number of aryl methyl sites for hydroxylation is 1. The van der Waals surface area contributed by atoms with Gasteiger partial charge >= 0.3 is 0 Å². The largest absolute Gasteiger partial charge is 0.285 e. The van der Waals surface area contributed by atoms with Crippen LogP contribution in [0.15, 0.2) is 12.1 Å². The highest BCUT2D eigenvalue weighted by molar-refractivity contribution is 7.52. The van der Waals surface area contributed by atoms with Gasteiger partial charge in [-0.1, -0.05) is 0 Å². The first-order valence-electron chi connectivity index (χ1n) is 2.89. The number of hydrogen-bond donors (Lipinski definition) is 0. The topological polar surface area (TPSA) is 43.1 Å². The molecule has 0 aromatic carbocycles. The highest BCUT2D eigenvalue weighted by Gasteiger charge is 2.11. The second kappa shape index (κ2) is 2.43. The van der Waals surface area contributed by atoms with E-state index in [0.29, 0.717) is 5.42 Å². The maximum Gasteiger partial charge on any atom is 0.285 e. The molecule has 1 atom stereocenters. The molecule has 0 fully saturated rings. The van der Waals surface area contributed by atoms with Gasteiger partial charge in [0, 0.05) is 6.07 Å². The molecule has 1 aromatic rings. The number of nitro groups is 1. The van der Waals surface area contributed by atoms with E-state index >= 15 is 0 Å². The van der Waals surface area contributed by atoms with E-state index in [-0.39, 0.29) is 4.92 Å². The van der Waals surface area contributed by atoms with Crippen molar-refractivity contribution in [1.29, 1.82) is 0 Å². The molecule has 0 bridgehead atoms. The van der Waals surface area contributed by atoms with E-state index < -0.39 is 7.53 Å². The Morgan fingerprint density at radius 2 is 2.20 bits per heavy atom. The summed E-state index contributed by atoms with van der Waals surface area (Å²) in [5, 5.41) is 11.4. The van der Waals surface area contributed by atoms with E-state index in [2.05, 4.69) is 0 Å². The summed E-state index contributed by atoms with van der Waals surface area (Å²) >= 11 is 0. The lowest BCUT2D eigenvalue weighted by Gasteiger charge is -1.89. The molecule has 0 radical (unpaired) electrons. The van der Waals surface area contributed by atoms with Gasteiger partial charge in [-0.05, 0) is 32.5 Å². The quantitative estimate of drug-likeness (QED) is 0.464. The summed E-state index contributed by atoms with van der Waals surface area (Å²) in [5.41, 5.74) is 0.368. The van der Waals surface area contributed by atoms with Crippen LogP contribution in [0.1, 0.15) is 5.30 Å². The first-order chi connectivity index (χ1) is 4.63. The third kappa shape index (κ3) is 1.05. The summed E-state index contributed by atoms with van der Waals surface area (Å²) in [6.45, 7) is 3.83. The molecular weight excluding hydrogens is 149 g/mol. The van der Waals surface area contributed by atoms with Gasteiger partial charge in [-0.15, -0.1) is 0 Å². The van der Waals surface area contributed by atoms with Crippen molar-refractivity contribution in [2.45, 2.75) is 6.92 Å². The standard InChI is InChI=1S/C6H8NO2P/c1-5-3-4-6(7(8)9)10(5)2/h3-4H,1-2H3. The number of nitrogens with zero attached hydrogens (tertiary/aromatic N) is 1. The molecule has 54 valence electrons. The van der Waals surface area contributed by atoms with Crippen molar-refractivity contribution < 1.29 is 4.92 Å². The van der Waals surface area contributed by atoms with Crippen LogP contribution in [0.3, 0.4) is 0 Å². The Kier molecular flexibility index (Phi) is 1.77. The molecule has 1 unspecified atom stereocenters. The molecule has 1 rings (SSSR count). The van der Waals surface area contributed by atoms with Gasteiger partial charge in [-0.25, -0.2) is 0 Å². The van der Waals surface area contributed by atoms with E-state index in [9.17, 15) is 10.1 Å². The van der Waals surface area contributed by atoms with Gasteiger partial charge < -0.3 is 0 Å². The van der Waals surface area contributed by atoms with Crippen LogP contribution in [0.5, 0.6) is 0 Å². The van der Waals surface area contributed by atoms with Gasteiger partial charge in [0.25, 0.3) is 5.42 Å². The van der Waals surface area contributed by atoms with Gasteiger partial charge in [0.15, 0.2) is 0 Å². The molecule has 1 aromatic heterocycles. The van der Waals surface area contributed by atoms with Crippen LogP contribution in [0, 0.1) is 17.0 Å². The Labute approximate surface area is 59.9 Å². The smallest absolute Gasteiger partial charge is 0.258 e. The SMILES string of the molecule is Cc1ccc([N+](=O)[O-])p1C. The van der Waals surface area contributed by atoms with Crippen molar-refractivity contribution in [2.24, 2.45) is 6.66 Å². The molecule has 0 saturated carbocycles. The zero-order valence-electron chi connectivity index (χ0n) is 5.87. The lowest BCUT2D eigenvalue weighted by Crippen LogP contribution is -1.81. The predicted molar refractivity (Wildman–Crippen MR) is 41.5 cm³/mol. The van der Waals surface area contributed by atoms with E-state index in [1.165, 1.54) is 0 Å². The number of rotatable bonds is 1. The Balaban J connectivity index is 3.17. The normalized spacial score (nSPS) is 11.6. The van der Waals surface area contributed by atoms with Crippen molar-refractivity contribution in [1.82, 2.24) is 0 Å². The molecule has 0 N–H and O–H groups in total. The molecule has 0 amide bonds. The molecule has 10 heavy (non-hydrogen) atoms. The summed E-state index contributed by atoms with van der Waals surface area (Å²) in [7, 11) is -0.606. The Morgan fingerprint density at radius 1 is 1.60 bits per heavy atom. The predicted octanol–water partition coefficient (Wildman–Crippen LogP) is 2.43. The van der Waals surface area contributed by atoms with Gasteiger partial charge in [-0.2, -0.15) is 0 Å². The summed E-state index contributed by atoms with van der Waals surface area (Å²) in [6, 6.07) is 3.42. The molecule has 0 spiro atoms. The van der Waals surface area contributed by atoms with Crippen molar-refractivity contribution in [3.8, 4) is 0 Å². The fourth-order valence-corrected chi connectivity index (χ4v) is 1.99. The summed E-state index contributed by atoms with van der Waals surface area (Å²) in [5.74, 6) is 0. The zero-order chi connectivity index (χ0) is 7.72. The Hall–Kier alpha value is -0.820. The minimum atomic E-state index is -0.606. The van der Waals surface area contributed by atoms with Crippen LogP contribution < -0.4 is 0 Å². The van der Waals surface area contributed by atoms with Crippen LogP contribution in [0.25, 0.3) is 0 Å². The molecule has 0 saturated heterocycles. The van der Waals surface area contributed by atoms with Crippen LogP contribution in [-0.4, -0.2) is 4.92 Å². The van der Waals surface area contributed by atoms with E-state index in [1.54, 1.807) is 6.07 Å². The van der Waals surface area contributed by atoms with Crippen LogP contribution in [-0.2, 0) is 6.66 Å². The van der Waals surface area contributed by atoms with E-state index in [0.717, 1.165) is 5.30 Å². The molecule has 0 aliphatic carbocycles. The molecule has 1 heterocycles. The van der Waals surface area contributed by atoms with Crippen molar-refractivity contribution in [3.05, 3.63) is 27.5 Å². The number of hydrogen-bond acceptors (Lipinski definition) is 2. The van der Waals surface area contributed by atoms with Gasteiger partial charge in [0.2, 0.25) is 0 Å². The lowest BCUT2D eigenvalue weighted by molar-refractivity contribution is -0.380. The van der Waals surface area contributed by atoms with Gasteiger partial charge in [-0.3, -0.25) is 10.1 Å². The van der Waals surface area contributed by atoms with Crippen LogP contribution >= 0.6 is 7.53 Å². The van der Waals surface area contributed by atoms with Crippen molar-refractivity contribution >= 4 is 13.0 Å². The van der Waals surface area contributed by atoms with Gasteiger partial charge in [0.05, 0.1) is 4.92 Å². The third-order valence-corrected chi connectivity index (χ3v) is 3.74. The highest BCUT2D eigenvalue weighted by atomic mass is 31.1. The van der Waals surface area contributed by atoms with E-state index in [4.69, 9.17) is 0 Å². The van der Waals surface area contributed by atoms with Crippen LogP contribution in [0.2, 0.25) is 0 Å². The zero-order valence-corrected chi connectivity index (χ0v) is 6.76. The first-order valence-corrected chi connectivity index (χ1v) is 4.68. The molecule has 3 nitrogen and oxygen atoms in total. The fraction of sp³-hybridized carbons (Fsp3) is 0.333. The Morgan fingerprint density at radius 3 is 2.40 bits per heavy atom. The minimum Gasteiger partial charge on any atom is -0.258 e. The third-order valence-electron chi connectivity index (χ3n) is 1.53. The van der Waals surface area contributed by atoms with Crippen molar-refractivity contribution in [3.63, 3.8) is 0 Å². The molecule has 0 aliphatic heterocycles. The average molecular weight is 157 g/mol. The van der Waals surface area contributed by atoms with E-state index in [1.807, 2.05) is 19.7 Å². The fourth-order valence-electron chi connectivity index (χ4n) is 0.783. The second-order valence-corrected chi connectivity index (χ2v) is 4.43. The molecule has 4 heteroatoms. The van der Waals surface area contributed by atoms with Crippen LogP contribution in [0.4, 0.5) is 5.42 Å². The maximum absolute atomic E-state index is 10.3. The highest BCUT2D eigenvalue weighted by Crippen LogP contribution is 2.41. The van der Waals surface area contributed by atoms with Crippen molar-refractivity contribution in [2.75, 3.05) is 0 Å². The minimum absolute atomic E-state index is 0.293. The molecule has 0 aliphatic rings. The lowest BCUT2D eigenvalue weighted by atomic mass is 10.5. The maximum atomic E-state index is 10.3.